The minimum Gasteiger partial charge on any atom is -0.497 e. The summed E-state index contributed by atoms with van der Waals surface area (Å²) in [6.07, 6.45) is 3.09. The summed E-state index contributed by atoms with van der Waals surface area (Å²) in [7, 11) is 1.58. The van der Waals surface area contributed by atoms with Gasteiger partial charge in [-0.2, -0.15) is 5.10 Å². The number of carbonyl (C=O) groups is 2. The molecular weight excluding hydrogens is 458 g/mol. The second kappa shape index (κ2) is 10.9. The lowest BCUT2D eigenvalue weighted by Gasteiger charge is -2.09. The normalized spacial score (nSPS) is 11.2. The molecule has 31 heavy (non-hydrogen) atoms. The fraction of sp³-hybridized carbons (Fsp3) is 0.0417. The van der Waals surface area contributed by atoms with E-state index in [2.05, 4.69) is 31.8 Å². The van der Waals surface area contributed by atoms with Gasteiger partial charge in [0.2, 0.25) is 0 Å². The highest BCUT2D eigenvalue weighted by Gasteiger charge is 2.14. The summed E-state index contributed by atoms with van der Waals surface area (Å²) in [6.45, 7) is 0. The average Bonchev–Trinajstić information content (AvgIpc) is 2.80. The molecule has 156 valence electrons. The smallest absolute Gasteiger partial charge is 0.287 e. The van der Waals surface area contributed by atoms with E-state index in [0.29, 0.717) is 16.9 Å². The molecule has 3 aromatic rings. The molecule has 0 aromatic heterocycles. The molecule has 0 aliphatic carbocycles. The molecule has 7 heteroatoms. The Bertz CT molecular complexity index is 1110. The first kappa shape index (κ1) is 22.0. The summed E-state index contributed by atoms with van der Waals surface area (Å²) >= 11 is 3.42. The number of benzene rings is 3. The molecule has 2 amide bonds. The first-order valence-electron chi connectivity index (χ1n) is 9.37. The number of amides is 2. The van der Waals surface area contributed by atoms with Crippen LogP contribution in [0.4, 0.5) is 0 Å². The molecule has 0 unspecified atom stereocenters. The van der Waals surface area contributed by atoms with Crippen molar-refractivity contribution in [2.45, 2.75) is 0 Å². The maximum absolute atomic E-state index is 12.8. The van der Waals surface area contributed by atoms with Crippen molar-refractivity contribution in [1.82, 2.24) is 10.7 Å². The van der Waals surface area contributed by atoms with Gasteiger partial charge in [0.05, 0.1) is 13.3 Å². The Balaban J connectivity index is 1.81. The van der Waals surface area contributed by atoms with E-state index in [1.165, 1.54) is 6.21 Å². The predicted molar refractivity (Wildman–Crippen MR) is 125 cm³/mol. The molecule has 0 heterocycles. The Morgan fingerprint density at radius 1 is 0.935 bits per heavy atom. The predicted octanol–water partition coefficient (Wildman–Crippen LogP) is 4.38. The van der Waals surface area contributed by atoms with Gasteiger partial charge in [0, 0.05) is 15.6 Å². The van der Waals surface area contributed by atoms with Crippen LogP contribution in [0.2, 0.25) is 0 Å². The summed E-state index contributed by atoms with van der Waals surface area (Å²) in [5, 5.41) is 6.67. The molecule has 6 nitrogen and oxygen atoms in total. The number of hydrazone groups is 1. The van der Waals surface area contributed by atoms with Gasteiger partial charge in [0.15, 0.2) is 0 Å². The number of nitrogens with one attached hydrogen (secondary N) is 2. The molecule has 0 fully saturated rings. The molecule has 0 spiro atoms. The summed E-state index contributed by atoms with van der Waals surface area (Å²) < 4.78 is 6.00. The highest BCUT2D eigenvalue weighted by molar-refractivity contribution is 9.10. The fourth-order valence-corrected chi connectivity index (χ4v) is 3.00. The van der Waals surface area contributed by atoms with Crippen molar-refractivity contribution in [2.75, 3.05) is 7.11 Å². The van der Waals surface area contributed by atoms with E-state index < -0.39 is 11.8 Å². The van der Waals surface area contributed by atoms with Crippen molar-refractivity contribution in [3.05, 3.63) is 106 Å². The molecular formula is C24H20BrN3O3. The zero-order chi connectivity index (χ0) is 22.1. The van der Waals surface area contributed by atoms with E-state index in [0.717, 1.165) is 10.0 Å². The number of hydrogen-bond donors (Lipinski definition) is 2. The molecule has 3 rings (SSSR count). The standard InChI is InChI=1S/C24H20BrN3O3/c1-31-20-13-11-17(12-14-20)15-22(27-23(29)18-7-3-2-4-8-18)24(30)28-26-16-19-9-5-6-10-21(19)25/h2-16H,1H3,(H,27,29)(H,28,30)/b22-15+,26-16+. The molecule has 0 atom stereocenters. The monoisotopic (exact) mass is 477 g/mol. The molecule has 0 bridgehead atoms. The van der Waals surface area contributed by atoms with Crippen molar-refractivity contribution in [3.63, 3.8) is 0 Å². The van der Waals surface area contributed by atoms with Gasteiger partial charge in [-0.15, -0.1) is 0 Å². The Labute approximate surface area is 188 Å². The van der Waals surface area contributed by atoms with E-state index in [9.17, 15) is 9.59 Å². The third-order valence-electron chi connectivity index (χ3n) is 4.23. The summed E-state index contributed by atoms with van der Waals surface area (Å²) in [5.74, 6) is -0.261. The average molecular weight is 478 g/mol. The van der Waals surface area contributed by atoms with Gasteiger partial charge in [-0.25, -0.2) is 5.43 Å². The Hall–Kier alpha value is -3.71. The largest absolute Gasteiger partial charge is 0.497 e. The third kappa shape index (κ3) is 6.38. The number of halogens is 1. The van der Waals surface area contributed by atoms with Gasteiger partial charge in [-0.05, 0) is 42.0 Å². The summed E-state index contributed by atoms with van der Waals surface area (Å²) in [5.41, 5.74) is 4.48. The number of methoxy groups -OCH3 is 1. The minimum absolute atomic E-state index is 0.0586. The maximum Gasteiger partial charge on any atom is 0.287 e. The topological polar surface area (TPSA) is 79.8 Å². The van der Waals surface area contributed by atoms with E-state index in [4.69, 9.17) is 4.74 Å². The number of nitrogens with zero attached hydrogens (tertiary/aromatic N) is 1. The van der Waals surface area contributed by atoms with Crippen LogP contribution in [0, 0.1) is 0 Å². The van der Waals surface area contributed by atoms with Crippen LogP contribution in [-0.4, -0.2) is 25.1 Å². The van der Waals surface area contributed by atoms with Gasteiger partial charge in [0.1, 0.15) is 11.4 Å². The number of rotatable bonds is 7. The van der Waals surface area contributed by atoms with Crippen LogP contribution >= 0.6 is 15.9 Å². The zero-order valence-corrected chi connectivity index (χ0v) is 18.3. The molecule has 0 aliphatic heterocycles. The van der Waals surface area contributed by atoms with Crippen LogP contribution in [0.1, 0.15) is 21.5 Å². The molecule has 0 aliphatic rings. The Morgan fingerprint density at radius 3 is 2.29 bits per heavy atom. The van der Waals surface area contributed by atoms with Crippen molar-refractivity contribution >= 4 is 40.0 Å². The van der Waals surface area contributed by atoms with Gasteiger partial charge >= 0.3 is 0 Å². The van der Waals surface area contributed by atoms with Crippen LogP contribution in [0.25, 0.3) is 6.08 Å². The zero-order valence-electron chi connectivity index (χ0n) is 16.7. The lowest BCUT2D eigenvalue weighted by atomic mass is 10.1. The van der Waals surface area contributed by atoms with E-state index in [1.807, 2.05) is 30.3 Å². The van der Waals surface area contributed by atoms with E-state index in [1.54, 1.807) is 61.7 Å². The highest BCUT2D eigenvalue weighted by atomic mass is 79.9. The highest BCUT2D eigenvalue weighted by Crippen LogP contribution is 2.15. The summed E-state index contributed by atoms with van der Waals surface area (Å²) in [6, 6.07) is 23.2. The van der Waals surface area contributed by atoms with Crippen molar-refractivity contribution in [3.8, 4) is 5.75 Å². The Morgan fingerprint density at radius 2 is 1.61 bits per heavy atom. The van der Waals surface area contributed by atoms with Gasteiger partial charge in [0.25, 0.3) is 11.8 Å². The van der Waals surface area contributed by atoms with Crippen molar-refractivity contribution in [2.24, 2.45) is 5.10 Å². The second-order valence-corrected chi connectivity index (χ2v) is 7.23. The number of carbonyl (C=O) groups excluding carboxylic acids is 2. The van der Waals surface area contributed by atoms with Gasteiger partial charge in [-0.3, -0.25) is 9.59 Å². The van der Waals surface area contributed by atoms with E-state index in [-0.39, 0.29) is 5.70 Å². The van der Waals surface area contributed by atoms with Gasteiger partial charge in [-0.1, -0.05) is 64.5 Å². The van der Waals surface area contributed by atoms with Crippen molar-refractivity contribution < 1.29 is 14.3 Å². The number of hydrogen-bond acceptors (Lipinski definition) is 4. The first-order valence-corrected chi connectivity index (χ1v) is 10.2. The van der Waals surface area contributed by atoms with E-state index >= 15 is 0 Å². The van der Waals surface area contributed by atoms with Crippen LogP contribution in [-0.2, 0) is 4.79 Å². The number of ether oxygens (including phenoxy) is 1. The van der Waals surface area contributed by atoms with Crippen molar-refractivity contribution in [1.29, 1.82) is 0 Å². The minimum atomic E-state index is -0.552. The molecule has 0 saturated carbocycles. The molecule has 0 radical (unpaired) electrons. The quantitative estimate of drug-likeness (QED) is 0.301. The SMILES string of the molecule is COc1ccc(/C=C(/NC(=O)c2ccccc2)C(=O)N/N=C/c2ccccc2Br)cc1. The summed E-state index contributed by atoms with van der Waals surface area (Å²) in [4.78, 5) is 25.4. The van der Waals surface area contributed by atoms with Crippen LogP contribution < -0.4 is 15.5 Å². The lowest BCUT2D eigenvalue weighted by molar-refractivity contribution is -0.117. The molecule has 0 saturated heterocycles. The second-order valence-electron chi connectivity index (χ2n) is 6.37. The fourth-order valence-electron chi connectivity index (χ4n) is 2.61. The molecule has 2 N–H and O–H groups in total. The Kier molecular flexibility index (Phi) is 7.73. The maximum atomic E-state index is 12.8. The van der Waals surface area contributed by atoms with Gasteiger partial charge < -0.3 is 10.1 Å². The van der Waals surface area contributed by atoms with Crippen LogP contribution in [0.5, 0.6) is 5.75 Å². The van der Waals surface area contributed by atoms with Crippen LogP contribution in [0.3, 0.4) is 0 Å². The molecule has 3 aromatic carbocycles. The first-order chi connectivity index (χ1) is 15.1. The third-order valence-corrected chi connectivity index (χ3v) is 4.95. The lowest BCUT2D eigenvalue weighted by Crippen LogP contribution is -2.32. The van der Waals surface area contributed by atoms with Crippen LogP contribution in [0.15, 0.2) is 94.1 Å².